The predicted molar refractivity (Wildman–Crippen MR) is 80.9 cm³/mol. The second-order valence-electron chi connectivity index (χ2n) is 4.76. The Morgan fingerprint density at radius 1 is 1.15 bits per heavy atom. The molecule has 4 heteroatoms. The van der Waals surface area contributed by atoms with E-state index in [1.165, 1.54) is 0 Å². The summed E-state index contributed by atoms with van der Waals surface area (Å²) in [7, 11) is 0. The third kappa shape index (κ3) is 2.05. The fraction of sp³-hybridized carbons (Fsp3) is 0.125. The van der Waals surface area contributed by atoms with E-state index in [1.54, 1.807) is 12.3 Å². The van der Waals surface area contributed by atoms with Crippen LogP contribution >= 0.6 is 0 Å². The molecule has 0 aliphatic carbocycles. The molecule has 0 radical (unpaired) electrons. The average molecular weight is 265 g/mol. The van der Waals surface area contributed by atoms with Gasteiger partial charge >= 0.3 is 0 Å². The maximum Gasteiger partial charge on any atom is 0.124 e. The topological polar surface area (TPSA) is 61.3 Å². The molecule has 0 atom stereocenters. The average Bonchev–Trinajstić information content (AvgIpc) is 2.77. The molecule has 1 aromatic heterocycles. The maximum absolute atomic E-state index is 10.1. The zero-order valence-corrected chi connectivity index (χ0v) is 11.4. The maximum atomic E-state index is 10.1. The molecule has 1 heterocycles. The van der Waals surface area contributed by atoms with Gasteiger partial charge in [0.05, 0.1) is 11.4 Å². The summed E-state index contributed by atoms with van der Waals surface area (Å²) >= 11 is 0. The third-order valence-electron chi connectivity index (χ3n) is 3.36. The number of fused-ring (bicyclic) bond motifs is 1. The highest BCUT2D eigenvalue weighted by Crippen LogP contribution is 2.27. The summed E-state index contributed by atoms with van der Waals surface area (Å²) in [6.45, 7) is 3.83. The molecule has 0 amide bonds. The number of aromatic hydroxyl groups is 1. The van der Waals surface area contributed by atoms with Crippen LogP contribution in [0.2, 0.25) is 0 Å². The number of hydrogen-bond donors (Lipinski definition) is 2. The molecule has 0 spiro atoms. The van der Waals surface area contributed by atoms with E-state index in [0.29, 0.717) is 0 Å². The smallest absolute Gasteiger partial charge is 0.124 e. The normalized spacial score (nSPS) is 11.5. The number of phenols is 1. The van der Waals surface area contributed by atoms with E-state index in [4.69, 9.17) is 0 Å². The van der Waals surface area contributed by atoms with Crippen molar-refractivity contribution in [2.24, 2.45) is 4.99 Å². The van der Waals surface area contributed by atoms with Gasteiger partial charge in [-0.25, -0.2) is 0 Å². The third-order valence-corrected chi connectivity index (χ3v) is 3.36. The van der Waals surface area contributed by atoms with Crippen LogP contribution in [0.25, 0.3) is 10.8 Å². The number of rotatable bonds is 2. The van der Waals surface area contributed by atoms with Gasteiger partial charge in [-0.15, -0.1) is 0 Å². The molecular formula is C16H15N3O. The molecule has 0 saturated carbocycles. The van der Waals surface area contributed by atoms with E-state index in [2.05, 4.69) is 15.2 Å². The van der Waals surface area contributed by atoms with E-state index < -0.39 is 0 Å². The molecule has 0 aliphatic rings. The van der Waals surface area contributed by atoms with Crippen LogP contribution in [0, 0.1) is 13.8 Å². The molecule has 0 saturated heterocycles. The summed E-state index contributed by atoms with van der Waals surface area (Å²) in [6, 6.07) is 11.5. The van der Waals surface area contributed by atoms with Gasteiger partial charge in [0.2, 0.25) is 0 Å². The van der Waals surface area contributed by atoms with Crippen molar-refractivity contribution < 1.29 is 5.11 Å². The van der Waals surface area contributed by atoms with Crippen molar-refractivity contribution in [1.82, 2.24) is 10.2 Å². The van der Waals surface area contributed by atoms with Gasteiger partial charge in [-0.05, 0) is 30.7 Å². The fourth-order valence-electron chi connectivity index (χ4n) is 2.28. The van der Waals surface area contributed by atoms with Crippen LogP contribution in [-0.2, 0) is 0 Å². The Balaban J connectivity index is 2.13. The Morgan fingerprint density at radius 2 is 1.95 bits per heavy atom. The predicted octanol–water partition coefficient (Wildman–Crippen LogP) is 3.64. The van der Waals surface area contributed by atoms with Gasteiger partial charge in [-0.1, -0.05) is 30.3 Å². The van der Waals surface area contributed by atoms with Gasteiger partial charge in [0.25, 0.3) is 0 Å². The van der Waals surface area contributed by atoms with Gasteiger partial charge < -0.3 is 5.11 Å². The van der Waals surface area contributed by atoms with Crippen molar-refractivity contribution in [2.75, 3.05) is 0 Å². The molecule has 2 aromatic carbocycles. The van der Waals surface area contributed by atoms with Crippen LogP contribution in [0.4, 0.5) is 5.69 Å². The number of aromatic amines is 1. The van der Waals surface area contributed by atoms with E-state index in [9.17, 15) is 5.11 Å². The van der Waals surface area contributed by atoms with E-state index >= 15 is 0 Å². The van der Waals surface area contributed by atoms with Gasteiger partial charge in [-0.3, -0.25) is 10.1 Å². The second-order valence-corrected chi connectivity index (χ2v) is 4.76. The number of phenolic OH excluding ortho intramolecular Hbond substituents is 1. The Kier molecular flexibility index (Phi) is 2.99. The number of benzene rings is 2. The molecule has 2 N–H and O–H groups in total. The van der Waals surface area contributed by atoms with Crippen molar-refractivity contribution in [3.8, 4) is 5.75 Å². The number of hydrogen-bond acceptors (Lipinski definition) is 3. The summed E-state index contributed by atoms with van der Waals surface area (Å²) in [5.74, 6) is 0.228. The fourth-order valence-corrected chi connectivity index (χ4v) is 2.28. The molecule has 100 valence electrons. The first-order valence-electron chi connectivity index (χ1n) is 6.43. The first-order valence-corrected chi connectivity index (χ1v) is 6.43. The largest absolute Gasteiger partial charge is 0.507 e. The first-order chi connectivity index (χ1) is 9.66. The van der Waals surface area contributed by atoms with Gasteiger partial charge in [0.1, 0.15) is 11.4 Å². The molecular weight excluding hydrogens is 250 g/mol. The van der Waals surface area contributed by atoms with E-state index in [0.717, 1.165) is 33.4 Å². The molecule has 3 aromatic rings. The first kappa shape index (κ1) is 12.4. The monoisotopic (exact) mass is 265 g/mol. The highest BCUT2D eigenvalue weighted by Gasteiger charge is 2.07. The van der Waals surface area contributed by atoms with Crippen molar-refractivity contribution in [1.29, 1.82) is 0 Å². The zero-order valence-electron chi connectivity index (χ0n) is 11.4. The van der Waals surface area contributed by atoms with Crippen LogP contribution in [-0.4, -0.2) is 21.5 Å². The van der Waals surface area contributed by atoms with Crippen molar-refractivity contribution in [3.63, 3.8) is 0 Å². The summed E-state index contributed by atoms with van der Waals surface area (Å²) in [5.41, 5.74) is 3.30. The molecule has 3 rings (SSSR count). The number of nitrogens with one attached hydrogen (secondary N) is 1. The summed E-state index contributed by atoms with van der Waals surface area (Å²) in [6.07, 6.45) is 1.70. The standard InChI is InChI=1S/C16H15N3O/c1-10-16(11(2)19-18-10)17-9-14-13-6-4-3-5-12(13)7-8-15(14)20/h3-9,20H,1-2H3,(H,18,19). The van der Waals surface area contributed by atoms with Gasteiger partial charge in [0.15, 0.2) is 0 Å². The Labute approximate surface area is 116 Å². The summed E-state index contributed by atoms with van der Waals surface area (Å²) in [4.78, 5) is 4.47. The van der Waals surface area contributed by atoms with Crippen LogP contribution in [0.5, 0.6) is 5.75 Å². The molecule has 0 unspecified atom stereocenters. The minimum atomic E-state index is 0.228. The lowest BCUT2D eigenvalue weighted by atomic mass is 10.0. The Hall–Kier alpha value is -2.62. The van der Waals surface area contributed by atoms with Crippen LogP contribution in [0.1, 0.15) is 17.0 Å². The number of aromatic nitrogens is 2. The zero-order chi connectivity index (χ0) is 14.1. The molecule has 20 heavy (non-hydrogen) atoms. The SMILES string of the molecule is Cc1n[nH]c(C)c1N=Cc1c(O)ccc2ccccc12. The van der Waals surface area contributed by atoms with Crippen molar-refractivity contribution >= 4 is 22.7 Å². The molecule has 0 bridgehead atoms. The van der Waals surface area contributed by atoms with Gasteiger partial charge in [0, 0.05) is 11.8 Å². The highest BCUT2D eigenvalue weighted by molar-refractivity contribution is 6.03. The number of H-pyrrole nitrogens is 1. The second kappa shape index (κ2) is 4.81. The Bertz CT molecular complexity index is 783. The molecule has 0 fully saturated rings. The number of aliphatic imine (C=N–C) groups is 1. The highest BCUT2D eigenvalue weighted by atomic mass is 16.3. The Morgan fingerprint density at radius 3 is 2.70 bits per heavy atom. The van der Waals surface area contributed by atoms with Crippen LogP contribution in [0.3, 0.4) is 0 Å². The van der Waals surface area contributed by atoms with Gasteiger partial charge in [-0.2, -0.15) is 5.10 Å². The van der Waals surface area contributed by atoms with Crippen molar-refractivity contribution in [3.05, 3.63) is 53.3 Å². The number of aryl methyl sites for hydroxylation is 2. The van der Waals surface area contributed by atoms with Crippen LogP contribution < -0.4 is 0 Å². The quantitative estimate of drug-likeness (QED) is 0.695. The minimum Gasteiger partial charge on any atom is -0.507 e. The minimum absolute atomic E-state index is 0.228. The lowest BCUT2D eigenvalue weighted by Gasteiger charge is -2.04. The molecule has 4 nitrogen and oxygen atoms in total. The van der Waals surface area contributed by atoms with E-state index in [-0.39, 0.29) is 5.75 Å². The van der Waals surface area contributed by atoms with Crippen molar-refractivity contribution in [2.45, 2.75) is 13.8 Å². The summed E-state index contributed by atoms with van der Waals surface area (Å²) in [5, 5.41) is 19.1. The lowest BCUT2D eigenvalue weighted by molar-refractivity contribution is 0.475. The summed E-state index contributed by atoms with van der Waals surface area (Å²) < 4.78 is 0. The number of nitrogens with zero attached hydrogens (tertiary/aromatic N) is 2. The molecule has 0 aliphatic heterocycles. The van der Waals surface area contributed by atoms with E-state index in [1.807, 2.05) is 44.2 Å². The lowest BCUT2D eigenvalue weighted by Crippen LogP contribution is -1.86. The van der Waals surface area contributed by atoms with Crippen LogP contribution in [0.15, 0.2) is 41.4 Å².